The molecule has 3 N–H and O–H groups in total. The topological polar surface area (TPSA) is 88.4 Å². The van der Waals surface area contributed by atoms with E-state index < -0.39 is 0 Å². The molecule has 0 heterocycles. The normalized spacial score (nSPS) is 10.8. The first-order valence-corrected chi connectivity index (χ1v) is 11.9. The number of phenolic OH excluding ortho intramolecular Hbond substituents is 3. The molecule has 186 valence electrons. The maximum absolute atomic E-state index is 11.3. The van der Waals surface area contributed by atoms with Crippen molar-refractivity contribution in [1.29, 1.82) is 0 Å². The van der Waals surface area contributed by atoms with Crippen LogP contribution in [0, 0.1) is 6.92 Å². The fourth-order valence-corrected chi connectivity index (χ4v) is 3.96. The molecule has 4 aromatic carbocycles. The van der Waals surface area contributed by atoms with Gasteiger partial charge in [-0.2, -0.15) is 0 Å². The van der Waals surface area contributed by atoms with E-state index in [2.05, 4.69) is 0 Å². The maximum Gasteiger partial charge on any atom is 0.170 e. The van der Waals surface area contributed by atoms with Crippen LogP contribution in [0.1, 0.15) is 25.0 Å². The van der Waals surface area contributed by atoms with Gasteiger partial charge in [-0.25, -0.2) is 0 Å². The van der Waals surface area contributed by atoms with Crippen molar-refractivity contribution in [2.45, 2.75) is 27.4 Å². The Morgan fingerprint density at radius 1 is 0.667 bits per heavy atom. The van der Waals surface area contributed by atoms with Crippen LogP contribution in [0.2, 0.25) is 0 Å². The van der Waals surface area contributed by atoms with Crippen LogP contribution in [0.5, 0.6) is 34.5 Å². The number of benzene rings is 4. The molecule has 4 rings (SSSR count). The Balaban J connectivity index is 1.73. The van der Waals surface area contributed by atoms with Gasteiger partial charge in [0.05, 0.1) is 18.8 Å². The molecule has 6 nitrogen and oxygen atoms in total. The van der Waals surface area contributed by atoms with Gasteiger partial charge in [0, 0.05) is 5.56 Å². The van der Waals surface area contributed by atoms with Crippen LogP contribution in [0.25, 0.3) is 22.3 Å². The maximum atomic E-state index is 11.3. The third-order valence-electron chi connectivity index (χ3n) is 5.75. The Labute approximate surface area is 211 Å². The molecule has 0 amide bonds. The fourth-order valence-electron chi connectivity index (χ4n) is 3.96. The third-order valence-corrected chi connectivity index (χ3v) is 5.75. The molecule has 0 aliphatic heterocycles. The number of phenols is 3. The van der Waals surface area contributed by atoms with E-state index in [1.807, 2.05) is 45.0 Å². The molecule has 0 aromatic heterocycles. The predicted molar refractivity (Wildman–Crippen MR) is 140 cm³/mol. The van der Waals surface area contributed by atoms with Crippen molar-refractivity contribution in [3.05, 3.63) is 83.9 Å². The highest BCUT2D eigenvalue weighted by molar-refractivity contribution is 5.88. The zero-order valence-corrected chi connectivity index (χ0v) is 20.6. The van der Waals surface area contributed by atoms with E-state index in [1.54, 1.807) is 42.5 Å². The molecule has 0 aliphatic carbocycles. The molecule has 6 heteroatoms. The smallest absolute Gasteiger partial charge is 0.170 e. The minimum atomic E-state index is -0.0985. The molecular weight excluding hydrogens is 456 g/mol. The van der Waals surface area contributed by atoms with E-state index in [0.717, 1.165) is 11.1 Å². The molecule has 0 spiro atoms. The summed E-state index contributed by atoms with van der Waals surface area (Å²) in [5.74, 6) is 1.06. The molecule has 0 fully saturated rings. The molecule has 0 saturated carbocycles. The van der Waals surface area contributed by atoms with Crippen molar-refractivity contribution >= 4 is 0 Å². The molecular formula is C30H30O6. The van der Waals surface area contributed by atoms with E-state index >= 15 is 0 Å². The van der Waals surface area contributed by atoms with Crippen molar-refractivity contribution in [3.8, 4) is 56.8 Å². The molecule has 0 radical (unpaired) electrons. The predicted octanol–water partition coefficient (Wildman–Crippen LogP) is 6.82. The second-order valence-electron chi connectivity index (χ2n) is 8.34. The summed E-state index contributed by atoms with van der Waals surface area (Å²) in [6.45, 7) is 6.75. The fraction of sp³-hybridized carbons (Fsp3) is 0.200. The summed E-state index contributed by atoms with van der Waals surface area (Å²) in [6.07, 6.45) is 0. The van der Waals surface area contributed by atoms with Gasteiger partial charge in [0.25, 0.3) is 0 Å². The average molecular weight is 487 g/mol. The third kappa shape index (κ3) is 5.33. The summed E-state index contributed by atoms with van der Waals surface area (Å²) in [5.41, 5.74) is 4.49. The summed E-state index contributed by atoms with van der Waals surface area (Å²) in [4.78, 5) is 0. The van der Waals surface area contributed by atoms with Gasteiger partial charge in [0.1, 0.15) is 18.1 Å². The summed E-state index contributed by atoms with van der Waals surface area (Å²) >= 11 is 0. The van der Waals surface area contributed by atoms with Crippen LogP contribution in [-0.2, 0) is 6.61 Å². The van der Waals surface area contributed by atoms with Crippen molar-refractivity contribution in [2.24, 2.45) is 0 Å². The van der Waals surface area contributed by atoms with E-state index in [0.29, 0.717) is 53.8 Å². The number of hydrogen-bond acceptors (Lipinski definition) is 6. The van der Waals surface area contributed by atoms with Crippen LogP contribution in [0.4, 0.5) is 0 Å². The van der Waals surface area contributed by atoms with Crippen molar-refractivity contribution < 1.29 is 29.5 Å². The van der Waals surface area contributed by atoms with Gasteiger partial charge in [0.2, 0.25) is 0 Å². The number of rotatable bonds is 9. The van der Waals surface area contributed by atoms with Crippen LogP contribution in [-0.4, -0.2) is 28.5 Å². The Morgan fingerprint density at radius 2 is 1.33 bits per heavy atom. The average Bonchev–Trinajstić information content (AvgIpc) is 2.87. The van der Waals surface area contributed by atoms with Gasteiger partial charge in [-0.1, -0.05) is 48.0 Å². The van der Waals surface area contributed by atoms with Crippen LogP contribution in [0.15, 0.2) is 72.8 Å². The van der Waals surface area contributed by atoms with E-state index in [9.17, 15) is 15.3 Å². The lowest BCUT2D eigenvalue weighted by molar-refractivity contribution is 0.289. The molecule has 4 aromatic rings. The van der Waals surface area contributed by atoms with Crippen LogP contribution < -0.4 is 14.2 Å². The Bertz CT molecular complexity index is 1330. The highest BCUT2D eigenvalue weighted by Gasteiger charge is 2.23. The molecule has 0 saturated heterocycles. The van der Waals surface area contributed by atoms with E-state index in [-0.39, 0.29) is 17.2 Å². The summed E-state index contributed by atoms with van der Waals surface area (Å²) in [5, 5.41) is 31.7. The number of ether oxygens (including phenoxy) is 3. The first-order valence-electron chi connectivity index (χ1n) is 11.9. The standard InChI is InChI=1S/C30H30O6/c1-4-34-27-17-24(21-10-13-23(31)14-11-21)30(35-5-2)29(33)28(27)22-12-15-26(25(32)16-22)36-18-20-8-6-19(3)7-9-20/h6-17,31-33H,4-5,18H2,1-3H3. The number of aryl methyl sites for hydroxylation is 1. The second kappa shape index (κ2) is 11.0. The highest BCUT2D eigenvalue weighted by Crippen LogP contribution is 2.50. The Hall–Kier alpha value is -4.32. The van der Waals surface area contributed by atoms with Crippen molar-refractivity contribution in [1.82, 2.24) is 0 Å². The largest absolute Gasteiger partial charge is 0.508 e. The Morgan fingerprint density at radius 3 is 1.97 bits per heavy atom. The lowest BCUT2D eigenvalue weighted by Gasteiger charge is -2.20. The zero-order valence-electron chi connectivity index (χ0n) is 20.6. The number of hydrogen-bond donors (Lipinski definition) is 3. The van der Waals surface area contributed by atoms with E-state index in [4.69, 9.17) is 14.2 Å². The van der Waals surface area contributed by atoms with E-state index in [1.165, 1.54) is 11.6 Å². The van der Waals surface area contributed by atoms with Gasteiger partial charge in [-0.05, 0) is 67.8 Å². The molecule has 0 aliphatic rings. The van der Waals surface area contributed by atoms with Gasteiger partial charge in [0.15, 0.2) is 23.0 Å². The lowest BCUT2D eigenvalue weighted by atomic mass is 9.96. The summed E-state index contributed by atoms with van der Waals surface area (Å²) in [7, 11) is 0. The van der Waals surface area contributed by atoms with Gasteiger partial charge in [-0.3, -0.25) is 0 Å². The lowest BCUT2D eigenvalue weighted by Crippen LogP contribution is -2.00. The van der Waals surface area contributed by atoms with Gasteiger partial charge in [-0.15, -0.1) is 0 Å². The quantitative estimate of drug-likeness (QED) is 0.241. The first-order chi connectivity index (χ1) is 17.4. The SMILES string of the molecule is CCOc1cc(-c2ccc(O)cc2)c(OCC)c(O)c1-c1ccc(OCc2ccc(C)cc2)c(O)c1. The van der Waals surface area contributed by atoms with Gasteiger partial charge < -0.3 is 29.5 Å². The minimum absolute atomic E-state index is 0.0537. The Kier molecular flexibility index (Phi) is 7.54. The summed E-state index contributed by atoms with van der Waals surface area (Å²) in [6, 6.07) is 21.4. The highest BCUT2D eigenvalue weighted by atomic mass is 16.5. The summed E-state index contributed by atoms with van der Waals surface area (Å²) < 4.78 is 17.6. The van der Waals surface area contributed by atoms with Crippen LogP contribution in [0.3, 0.4) is 0 Å². The molecule has 0 atom stereocenters. The molecule has 0 unspecified atom stereocenters. The van der Waals surface area contributed by atoms with Crippen molar-refractivity contribution in [3.63, 3.8) is 0 Å². The minimum Gasteiger partial charge on any atom is -0.508 e. The first kappa shape index (κ1) is 24.8. The van der Waals surface area contributed by atoms with Gasteiger partial charge >= 0.3 is 0 Å². The number of aromatic hydroxyl groups is 3. The van der Waals surface area contributed by atoms with Crippen molar-refractivity contribution in [2.75, 3.05) is 13.2 Å². The second-order valence-corrected chi connectivity index (χ2v) is 8.34. The molecule has 0 bridgehead atoms. The zero-order chi connectivity index (χ0) is 25.7. The molecule has 36 heavy (non-hydrogen) atoms. The van der Waals surface area contributed by atoms with Crippen LogP contribution >= 0.6 is 0 Å². The monoisotopic (exact) mass is 486 g/mol.